The van der Waals surface area contributed by atoms with E-state index in [-0.39, 0.29) is 17.9 Å². The lowest BCUT2D eigenvalue weighted by atomic mass is 9.94. The van der Waals surface area contributed by atoms with Crippen LogP contribution >= 0.6 is 0 Å². The van der Waals surface area contributed by atoms with Crippen molar-refractivity contribution in [2.24, 2.45) is 0 Å². The van der Waals surface area contributed by atoms with E-state index >= 15 is 0 Å². The van der Waals surface area contributed by atoms with Gasteiger partial charge in [-0.05, 0) is 54.4 Å². The van der Waals surface area contributed by atoms with E-state index in [0.717, 1.165) is 18.2 Å². The minimum Gasteiger partial charge on any atom is -0.494 e. The molecule has 1 unspecified atom stereocenters. The van der Waals surface area contributed by atoms with Gasteiger partial charge in [-0.2, -0.15) is 13.2 Å². The summed E-state index contributed by atoms with van der Waals surface area (Å²) in [5.41, 5.74) is -3.21. The summed E-state index contributed by atoms with van der Waals surface area (Å²) in [5.74, 6) is 0.0825. The Kier molecular flexibility index (Phi) is 7.37. The van der Waals surface area contributed by atoms with Crippen LogP contribution in [0.15, 0.2) is 72.8 Å². The molecule has 0 aliphatic rings. The summed E-state index contributed by atoms with van der Waals surface area (Å²) in [6, 6.07) is 17.3. The van der Waals surface area contributed by atoms with Gasteiger partial charge in [0, 0.05) is 0 Å². The van der Waals surface area contributed by atoms with Gasteiger partial charge in [0.25, 0.3) is 0 Å². The second kappa shape index (κ2) is 10.0. The molecule has 0 amide bonds. The third-order valence-corrected chi connectivity index (χ3v) is 4.66. The van der Waals surface area contributed by atoms with E-state index in [0.29, 0.717) is 23.7 Å². The standard InChI is InChI=1S/C24H22F4O4/c1-2-31-19-11-9-18(10-12-19)23(29,24(26,27)28)16-30-15-17-8-13-21(25)22(14-17)32-20-6-4-3-5-7-20/h3-14,29H,2,15-16H2,1H3. The molecule has 0 aliphatic heterocycles. The zero-order chi connectivity index (χ0) is 23.2. The molecule has 3 aromatic carbocycles. The minimum absolute atomic E-state index is 0.0881. The molecule has 0 radical (unpaired) electrons. The number of hydrogen-bond donors (Lipinski definition) is 1. The van der Waals surface area contributed by atoms with E-state index in [1.807, 2.05) is 0 Å². The van der Waals surface area contributed by atoms with Gasteiger partial charge in [0.2, 0.25) is 5.60 Å². The third kappa shape index (κ3) is 5.57. The van der Waals surface area contributed by atoms with E-state index in [1.165, 1.54) is 24.3 Å². The molecule has 3 rings (SSSR count). The molecule has 32 heavy (non-hydrogen) atoms. The molecular weight excluding hydrogens is 428 g/mol. The van der Waals surface area contributed by atoms with Crippen LogP contribution < -0.4 is 9.47 Å². The Hall–Kier alpha value is -3.10. The maximum Gasteiger partial charge on any atom is 0.423 e. The zero-order valence-electron chi connectivity index (χ0n) is 17.2. The Bertz CT molecular complexity index is 1010. The lowest BCUT2D eigenvalue weighted by molar-refractivity contribution is -0.283. The first-order valence-corrected chi connectivity index (χ1v) is 9.84. The highest BCUT2D eigenvalue weighted by atomic mass is 19.4. The number of hydrogen-bond acceptors (Lipinski definition) is 4. The highest BCUT2D eigenvalue weighted by Crippen LogP contribution is 2.40. The van der Waals surface area contributed by atoms with Gasteiger partial charge >= 0.3 is 6.18 Å². The predicted octanol–water partition coefficient (Wildman–Crippen LogP) is 5.98. The number of halogens is 4. The van der Waals surface area contributed by atoms with E-state index in [2.05, 4.69) is 0 Å². The first-order valence-electron chi connectivity index (χ1n) is 9.84. The molecule has 0 saturated carbocycles. The lowest BCUT2D eigenvalue weighted by Crippen LogP contribution is -2.46. The molecule has 0 aliphatic carbocycles. The molecule has 0 fully saturated rings. The molecule has 1 N–H and O–H groups in total. The Labute approximate surface area is 183 Å². The highest BCUT2D eigenvalue weighted by molar-refractivity contribution is 5.35. The molecule has 0 aromatic heterocycles. The van der Waals surface area contributed by atoms with Gasteiger partial charge in [-0.25, -0.2) is 4.39 Å². The van der Waals surface area contributed by atoms with Crippen LogP contribution in [0.4, 0.5) is 17.6 Å². The van der Waals surface area contributed by atoms with Crippen molar-refractivity contribution >= 4 is 0 Å². The summed E-state index contributed by atoms with van der Waals surface area (Å²) in [6.45, 7) is 0.775. The van der Waals surface area contributed by atoms with Crippen LogP contribution in [0.1, 0.15) is 18.1 Å². The van der Waals surface area contributed by atoms with Gasteiger partial charge in [-0.15, -0.1) is 0 Å². The van der Waals surface area contributed by atoms with Crippen LogP contribution in [-0.2, 0) is 16.9 Å². The van der Waals surface area contributed by atoms with Gasteiger partial charge in [-0.1, -0.05) is 36.4 Å². The van der Waals surface area contributed by atoms with E-state index < -0.39 is 24.2 Å². The second-order valence-electron chi connectivity index (χ2n) is 6.99. The van der Waals surface area contributed by atoms with E-state index in [1.54, 1.807) is 37.3 Å². The molecule has 4 nitrogen and oxygen atoms in total. The summed E-state index contributed by atoms with van der Waals surface area (Å²) >= 11 is 0. The highest BCUT2D eigenvalue weighted by Gasteiger charge is 2.55. The fourth-order valence-corrected chi connectivity index (χ4v) is 2.97. The molecule has 1 atom stereocenters. The van der Waals surface area contributed by atoms with Crippen molar-refractivity contribution in [3.63, 3.8) is 0 Å². The number of alkyl halides is 3. The third-order valence-electron chi connectivity index (χ3n) is 4.66. The molecule has 8 heteroatoms. The summed E-state index contributed by atoms with van der Waals surface area (Å²) < 4.78 is 71.1. The number of rotatable bonds is 9. The largest absolute Gasteiger partial charge is 0.494 e. The molecule has 0 heterocycles. The van der Waals surface area contributed by atoms with Gasteiger partial charge in [0.1, 0.15) is 11.5 Å². The van der Waals surface area contributed by atoms with Crippen LogP contribution in [0.2, 0.25) is 0 Å². The van der Waals surface area contributed by atoms with Crippen molar-refractivity contribution in [3.05, 3.63) is 89.7 Å². The average molecular weight is 450 g/mol. The summed E-state index contributed by atoms with van der Waals surface area (Å²) in [7, 11) is 0. The zero-order valence-corrected chi connectivity index (χ0v) is 17.2. The van der Waals surface area contributed by atoms with Crippen molar-refractivity contribution in [3.8, 4) is 17.2 Å². The first-order chi connectivity index (χ1) is 15.2. The van der Waals surface area contributed by atoms with Crippen molar-refractivity contribution in [1.29, 1.82) is 0 Å². The Morgan fingerprint density at radius 2 is 1.56 bits per heavy atom. The second-order valence-corrected chi connectivity index (χ2v) is 6.99. The van der Waals surface area contributed by atoms with Crippen molar-refractivity contribution in [2.75, 3.05) is 13.2 Å². The van der Waals surface area contributed by atoms with Crippen LogP contribution in [0.3, 0.4) is 0 Å². The molecule has 0 bridgehead atoms. The van der Waals surface area contributed by atoms with Crippen molar-refractivity contribution in [1.82, 2.24) is 0 Å². The van der Waals surface area contributed by atoms with E-state index in [9.17, 15) is 22.7 Å². The van der Waals surface area contributed by atoms with Crippen LogP contribution in [0.5, 0.6) is 17.2 Å². The predicted molar refractivity (Wildman–Crippen MR) is 110 cm³/mol. The smallest absolute Gasteiger partial charge is 0.423 e. The lowest BCUT2D eigenvalue weighted by Gasteiger charge is -2.30. The molecular formula is C24H22F4O4. The fourth-order valence-electron chi connectivity index (χ4n) is 2.97. The summed E-state index contributed by atoms with van der Waals surface area (Å²) in [4.78, 5) is 0. The topological polar surface area (TPSA) is 47.9 Å². The van der Waals surface area contributed by atoms with Crippen molar-refractivity contribution < 1.29 is 36.9 Å². The normalized spacial score (nSPS) is 13.4. The Balaban J connectivity index is 1.71. The number of ether oxygens (including phenoxy) is 3. The van der Waals surface area contributed by atoms with Gasteiger partial charge in [0.05, 0.1) is 19.8 Å². The molecule has 0 saturated heterocycles. The maximum absolute atomic E-state index is 14.1. The molecule has 3 aromatic rings. The number of benzene rings is 3. The number of aliphatic hydroxyl groups is 1. The van der Waals surface area contributed by atoms with Gasteiger partial charge in [-0.3, -0.25) is 0 Å². The maximum atomic E-state index is 14.1. The van der Waals surface area contributed by atoms with Crippen LogP contribution in [0.25, 0.3) is 0 Å². The fraction of sp³-hybridized carbons (Fsp3) is 0.250. The monoisotopic (exact) mass is 450 g/mol. The minimum atomic E-state index is -4.98. The first kappa shape index (κ1) is 23.6. The average Bonchev–Trinajstić information content (AvgIpc) is 2.76. The SMILES string of the molecule is CCOc1ccc(C(O)(COCc2ccc(F)c(Oc3ccccc3)c2)C(F)(F)F)cc1. The Morgan fingerprint density at radius 1 is 0.875 bits per heavy atom. The van der Waals surface area contributed by atoms with Crippen LogP contribution in [0, 0.1) is 5.82 Å². The summed E-state index contributed by atoms with van der Waals surface area (Å²) in [5, 5.41) is 10.4. The molecule has 170 valence electrons. The van der Waals surface area contributed by atoms with Crippen molar-refractivity contribution in [2.45, 2.75) is 25.3 Å². The Morgan fingerprint density at radius 3 is 2.19 bits per heavy atom. The van der Waals surface area contributed by atoms with Gasteiger partial charge < -0.3 is 19.3 Å². The van der Waals surface area contributed by atoms with E-state index in [4.69, 9.17) is 14.2 Å². The van der Waals surface area contributed by atoms with Crippen LogP contribution in [-0.4, -0.2) is 24.5 Å². The number of para-hydroxylation sites is 1. The summed E-state index contributed by atoms with van der Waals surface area (Å²) in [6.07, 6.45) is -4.98. The quantitative estimate of drug-likeness (QED) is 0.407. The molecule has 0 spiro atoms. The van der Waals surface area contributed by atoms with Gasteiger partial charge in [0.15, 0.2) is 11.6 Å².